The lowest BCUT2D eigenvalue weighted by Crippen LogP contribution is -2.12. The van der Waals surface area contributed by atoms with E-state index in [1.807, 2.05) is 0 Å². The van der Waals surface area contributed by atoms with Crippen molar-refractivity contribution >= 4 is 18.5 Å². The summed E-state index contributed by atoms with van der Waals surface area (Å²) in [7, 11) is -0.510. The molecule has 15 heavy (non-hydrogen) atoms. The predicted octanol–water partition coefficient (Wildman–Crippen LogP) is 4.99. The van der Waals surface area contributed by atoms with E-state index in [0.717, 1.165) is 6.42 Å². The van der Waals surface area contributed by atoms with E-state index in [9.17, 15) is 0 Å². The molecule has 1 aliphatic carbocycles. The molecule has 0 aromatic rings. The molecular weight excluding hydrogens is 223 g/mol. The lowest BCUT2D eigenvalue weighted by atomic mass is 9.90. The summed E-state index contributed by atoms with van der Waals surface area (Å²) in [5, 5.41) is 1.41. The normalized spacial score (nSPS) is 34.2. The molecule has 0 fully saturated rings. The molecule has 0 saturated heterocycles. The van der Waals surface area contributed by atoms with Gasteiger partial charge in [0.15, 0.2) is 0 Å². The van der Waals surface area contributed by atoms with Crippen LogP contribution in [0.2, 0.25) is 0 Å². The van der Waals surface area contributed by atoms with Crippen molar-refractivity contribution in [2.75, 3.05) is 0 Å². The highest BCUT2D eigenvalue weighted by atomic mass is 35.7. The zero-order valence-corrected chi connectivity index (χ0v) is 10.8. The summed E-state index contributed by atoms with van der Waals surface area (Å²) >= 11 is 6.57. The first kappa shape index (κ1) is 11.2. The molecule has 0 saturated carbocycles. The molecular formula is C13H16ClP. The van der Waals surface area contributed by atoms with Crippen LogP contribution in [0.4, 0.5) is 0 Å². The molecule has 2 heteroatoms. The number of rotatable bonds is 2. The standard InChI is InChI=1S/C13H16ClP/c1-3-7-12-10(4-2)11-8-5-6-9-13(11)15(12)14/h3,5-9,11,13H,4H2,1-2H3. The van der Waals surface area contributed by atoms with Crippen molar-refractivity contribution in [2.24, 2.45) is 5.92 Å². The lowest BCUT2D eigenvalue weighted by Gasteiger charge is -2.19. The molecule has 0 N–H and O–H groups in total. The highest BCUT2D eigenvalue weighted by molar-refractivity contribution is 7.88. The Morgan fingerprint density at radius 2 is 2.13 bits per heavy atom. The van der Waals surface area contributed by atoms with Gasteiger partial charge in [0.2, 0.25) is 0 Å². The smallest absolute Gasteiger partial charge is 0.0292 e. The molecule has 0 spiro atoms. The largest absolute Gasteiger partial charge is 0.0905 e. The summed E-state index contributed by atoms with van der Waals surface area (Å²) in [5.74, 6) is 0.565. The van der Waals surface area contributed by atoms with Crippen molar-refractivity contribution in [1.29, 1.82) is 0 Å². The van der Waals surface area contributed by atoms with E-state index in [0.29, 0.717) is 11.6 Å². The van der Waals surface area contributed by atoms with Crippen LogP contribution in [0, 0.1) is 5.92 Å². The maximum absolute atomic E-state index is 6.57. The van der Waals surface area contributed by atoms with Gasteiger partial charge in [-0.05, 0) is 18.7 Å². The summed E-state index contributed by atoms with van der Waals surface area (Å²) in [5.41, 5.74) is 2.08. The first-order valence-corrected chi connectivity index (χ1v) is 7.77. The van der Waals surface area contributed by atoms with Crippen molar-refractivity contribution in [1.82, 2.24) is 0 Å². The molecule has 0 nitrogen and oxygen atoms in total. The van der Waals surface area contributed by atoms with Gasteiger partial charge in [-0.2, -0.15) is 0 Å². The molecule has 80 valence electrons. The average molecular weight is 239 g/mol. The second-order valence-electron chi connectivity index (χ2n) is 3.86. The molecule has 0 aromatic heterocycles. The predicted molar refractivity (Wildman–Crippen MR) is 70.5 cm³/mol. The Bertz CT molecular complexity index is 363. The van der Waals surface area contributed by atoms with Gasteiger partial charge in [0, 0.05) is 18.9 Å². The van der Waals surface area contributed by atoms with Crippen molar-refractivity contribution in [3.05, 3.63) is 47.3 Å². The monoisotopic (exact) mass is 238 g/mol. The Hall–Kier alpha value is -0.320. The molecule has 1 heterocycles. The van der Waals surface area contributed by atoms with Crippen molar-refractivity contribution in [3.8, 4) is 0 Å². The summed E-state index contributed by atoms with van der Waals surface area (Å²) in [6.07, 6.45) is 14.3. The third kappa shape index (κ3) is 1.86. The third-order valence-electron chi connectivity index (χ3n) is 3.03. The fourth-order valence-corrected chi connectivity index (χ4v) is 5.42. The first-order valence-electron chi connectivity index (χ1n) is 5.45. The first-order chi connectivity index (χ1) is 7.29. The Kier molecular flexibility index (Phi) is 3.49. The fourth-order valence-electron chi connectivity index (χ4n) is 2.36. The minimum atomic E-state index is -0.510. The Morgan fingerprint density at radius 1 is 1.40 bits per heavy atom. The van der Waals surface area contributed by atoms with E-state index in [-0.39, 0.29) is 0 Å². The topological polar surface area (TPSA) is 0 Å². The van der Waals surface area contributed by atoms with Gasteiger partial charge in [-0.1, -0.05) is 60.2 Å². The van der Waals surface area contributed by atoms with Crippen LogP contribution in [0.3, 0.4) is 0 Å². The van der Waals surface area contributed by atoms with Crippen LogP contribution < -0.4 is 0 Å². The lowest BCUT2D eigenvalue weighted by molar-refractivity contribution is 0.758. The van der Waals surface area contributed by atoms with Gasteiger partial charge in [-0.15, -0.1) is 0 Å². The Morgan fingerprint density at radius 3 is 2.80 bits per heavy atom. The molecule has 2 rings (SSSR count). The molecule has 1 aliphatic heterocycles. The number of hydrogen-bond donors (Lipinski definition) is 0. The van der Waals surface area contributed by atoms with Crippen LogP contribution >= 0.6 is 18.5 Å². The Labute approximate surface area is 97.9 Å². The van der Waals surface area contributed by atoms with Gasteiger partial charge in [0.05, 0.1) is 0 Å². The molecule has 0 radical (unpaired) electrons. The third-order valence-corrected chi connectivity index (χ3v) is 6.17. The van der Waals surface area contributed by atoms with Gasteiger partial charge in [0.25, 0.3) is 0 Å². The van der Waals surface area contributed by atoms with Crippen LogP contribution in [0.1, 0.15) is 20.3 Å². The van der Waals surface area contributed by atoms with Crippen LogP contribution in [0.5, 0.6) is 0 Å². The van der Waals surface area contributed by atoms with Gasteiger partial charge in [0.1, 0.15) is 0 Å². The molecule has 2 aliphatic rings. The maximum Gasteiger partial charge on any atom is 0.0292 e. The van der Waals surface area contributed by atoms with E-state index in [1.165, 1.54) is 5.31 Å². The highest BCUT2D eigenvalue weighted by Crippen LogP contribution is 2.66. The quantitative estimate of drug-likeness (QED) is 0.595. The van der Waals surface area contributed by atoms with Crippen LogP contribution in [0.25, 0.3) is 0 Å². The Balaban J connectivity index is 2.40. The van der Waals surface area contributed by atoms with Crippen LogP contribution in [-0.4, -0.2) is 5.66 Å². The van der Waals surface area contributed by atoms with Crippen LogP contribution in [-0.2, 0) is 0 Å². The molecule has 3 atom stereocenters. The average Bonchev–Trinajstić information content (AvgIpc) is 2.54. The fraction of sp³-hybridized carbons (Fsp3) is 0.385. The molecule has 0 aromatic carbocycles. The second kappa shape index (κ2) is 4.68. The van der Waals surface area contributed by atoms with E-state index < -0.39 is 7.27 Å². The minimum absolute atomic E-state index is 0.510. The van der Waals surface area contributed by atoms with E-state index >= 15 is 0 Å². The van der Waals surface area contributed by atoms with Gasteiger partial charge < -0.3 is 0 Å². The molecule has 0 bridgehead atoms. The maximum atomic E-state index is 6.57. The second-order valence-corrected chi connectivity index (χ2v) is 6.65. The number of halogens is 1. The number of fused-ring (bicyclic) bond motifs is 1. The number of hydrogen-bond acceptors (Lipinski definition) is 0. The minimum Gasteiger partial charge on any atom is -0.0905 e. The van der Waals surface area contributed by atoms with Gasteiger partial charge >= 0.3 is 0 Å². The van der Waals surface area contributed by atoms with E-state index in [4.69, 9.17) is 11.2 Å². The highest BCUT2D eigenvalue weighted by Gasteiger charge is 2.37. The molecule has 3 unspecified atom stereocenters. The van der Waals surface area contributed by atoms with Gasteiger partial charge in [-0.25, -0.2) is 0 Å². The van der Waals surface area contributed by atoms with E-state index in [1.54, 1.807) is 5.57 Å². The summed E-state index contributed by atoms with van der Waals surface area (Å²) in [4.78, 5) is 0. The van der Waals surface area contributed by atoms with Crippen molar-refractivity contribution in [3.63, 3.8) is 0 Å². The zero-order valence-electron chi connectivity index (χ0n) is 9.15. The van der Waals surface area contributed by atoms with Crippen molar-refractivity contribution in [2.45, 2.75) is 25.9 Å². The summed E-state index contributed by atoms with van der Waals surface area (Å²) in [6.45, 7) is 4.29. The zero-order chi connectivity index (χ0) is 10.8. The van der Waals surface area contributed by atoms with Crippen LogP contribution in [0.15, 0.2) is 47.3 Å². The molecule has 0 amide bonds. The summed E-state index contributed by atoms with van der Waals surface area (Å²) in [6, 6.07) is 0. The van der Waals surface area contributed by atoms with Gasteiger partial charge in [-0.3, -0.25) is 0 Å². The summed E-state index contributed by atoms with van der Waals surface area (Å²) < 4.78 is 0. The van der Waals surface area contributed by atoms with Crippen molar-refractivity contribution < 1.29 is 0 Å². The SMILES string of the molecule is CC=CC1=C(CC)C2C=CC=CC2P1Cl. The number of allylic oxidation sites excluding steroid dienone is 8. The van der Waals surface area contributed by atoms with E-state index in [2.05, 4.69) is 50.3 Å².